The van der Waals surface area contributed by atoms with Crippen LogP contribution in [0, 0.1) is 6.92 Å². The summed E-state index contributed by atoms with van der Waals surface area (Å²) in [6, 6.07) is 11.9. The summed E-state index contributed by atoms with van der Waals surface area (Å²) >= 11 is 1.44. The minimum atomic E-state index is -0.0124. The van der Waals surface area contributed by atoms with Gasteiger partial charge in [0.15, 0.2) is 0 Å². The second-order valence-corrected chi connectivity index (χ2v) is 5.56. The summed E-state index contributed by atoms with van der Waals surface area (Å²) < 4.78 is 0. The van der Waals surface area contributed by atoms with Crippen LogP contribution in [0.2, 0.25) is 0 Å². The number of anilines is 1. The Morgan fingerprint density at radius 3 is 2.55 bits per heavy atom. The second-order valence-electron chi connectivity index (χ2n) is 4.56. The van der Waals surface area contributed by atoms with Crippen molar-refractivity contribution in [3.63, 3.8) is 0 Å². The third-order valence-electron chi connectivity index (χ3n) is 2.88. The fourth-order valence-corrected chi connectivity index (χ4v) is 2.34. The molecule has 1 aromatic carbocycles. The largest absolute Gasteiger partial charge is 0.325 e. The highest BCUT2D eigenvalue weighted by Gasteiger charge is 2.04. The molecule has 0 spiro atoms. The lowest BCUT2D eigenvalue weighted by Gasteiger charge is -2.06. The van der Waals surface area contributed by atoms with Crippen LogP contribution in [0.1, 0.15) is 18.1 Å². The third-order valence-corrected chi connectivity index (χ3v) is 3.83. The molecule has 104 valence electrons. The predicted octanol–water partition coefficient (Wildman–Crippen LogP) is 3.68. The molecule has 2 rings (SSSR count). The molecule has 0 aliphatic carbocycles. The summed E-state index contributed by atoms with van der Waals surface area (Å²) in [4.78, 5) is 16.1. The van der Waals surface area contributed by atoms with E-state index in [0.717, 1.165) is 22.7 Å². The van der Waals surface area contributed by atoms with Crippen LogP contribution >= 0.6 is 11.8 Å². The molecule has 0 aliphatic rings. The molecule has 1 amide bonds. The van der Waals surface area contributed by atoms with Gasteiger partial charge in [-0.3, -0.25) is 4.79 Å². The van der Waals surface area contributed by atoms with Crippen LogP contribution in [0.4, 0.5) is 5.69 Å². The number of carbonyl (C=O) groups is 1. The Bertz CT molecular complexity index is 564. The van der Waals surface area contributed by atoms with Gasteiger partial charge in [0.05, 0.1) is 10.8 Å². The Morgan fingerprint density at radius 2 is 1.95 bits per heavy atom. The molecule has 1 aromatic heterocycles. The number of benzene rings is 1. The van der Waals surface area contributed by atoms with E-state index in [1.807, 2.05) is 49.5 Å². The van der Waals surface area contributed by atoms with Gasteiger partial charge in [0.1, 0.15) is 0 Å². The molecule has 0 atom stereocenters. The summed E-state index contributed by atoms with van der Waals surface area (Å²) in [5.74, 6) is 0.354. The SMILES string of the molecule is CCc1ccc(NC(=O)CSc2ccc(C)cn2)cc1. The van der Waals surface area contributed by atoms with Crippen molar-refractivity contribution in [3.05, 3.63) is 53.7 Å². The van der Waals surface area contributed by atoms with Gasteiger partial charge in [-0.2, -0.15) is 0 Å². The van der Waals surface area contributed by atoms with Gasteiger partial charge in [0, 0.05) is 11.9 Å². The fraction of sp³-hybridized carbons (Fsp3) is 0.250. The normalized spacial score (nSPS) is 10.3. The zero-order valence-electron chi connectivity index (χ0n) is 11.7. The van der Waals surface area contributed by atoms with Crippen LogP contribution in [0.3, 0.4) is 0 Å². The Hall–Kier alpha value is -1.81. The molecule has 2 aromatic rings. The number of hydrogen-bond acceptors (Lipinski definition) is 3. The van der Waals surface area contributed by atoms with Gasteiger partial charge in [0.2, 0.25) is 5.91 Å². The Morgan fingerprint density at radius 1 is 1.20 bits per heavy atom. The van der Waals surface area contributed by atoms with E-state index < -0.39 is 0 Å². The Labute approximate surface area is 123 Å². The van der Waals surface area contributed by atoms with Crippen molar-refractivity contribution in [2.75, 3.05) is 11.1 Å². The topological polar surface area (TPSA) is 42.0 Å². The molecule has 0 bridgehead atoms. The highest BCUT2D eigenvalue weighted by atomic mass is 32.2. The molecular weight excluding hydrogens is 268 g/mol. The fourth-order valence-electron chi connectivity index (χ4n) is 1.70. The first-order valence-electron chi connectivity index (χ1n) is 6.61. The number of nitrogens with zero attached hydrogens (tertiary/aromatic N) is 1. The quantitative estimate of drug-likeness (QED) is 0.852. The number of aryl methyl sites for hydroxylation is 2. The van der Waals surface area contributed by atoms with E-state index in [9.17, 15) is 4.79 Å². The zero-order chi connectivity index (χ0) is 14.4. The summed E-state index contributed by atoms with van der Waals surface area (Å²) in [5.41, 5.74) is 3.22. The molecule has 0 saturated carbocycles. The molecular formula is C16H18N2OS. The van der Waals surface area contributed by atoms with Crippen molar-refractivity contribution in [2.45, 2.75) is 25.3 Å². The standard InChI is InChI=1S/C16H18N2OS/c1-3-13-5-7-14(8-6-13)18-15(19)11-20-16-9-4-12(2)10-17-16/h4-10H,3,11H2,1-2H3,(H,18,19). The third kappa shape index (κ3) is 4.38. The van der Waals surface area contributed by atoms with E-state index in [-0.39, 0.29) is 5.91 Å². The number of pyridine rings is 1. The maximum atomic E-state index is 11.8. The van der Waals surface area contributed by atoms with E-state index >= 15 is 0 Å². The maximum Gasteiger partial charge on any atom is 0.234 e. The second kappa shape index (κ2) is 7.10. The lowest BCUT2D eigenvalue weighted by atomic mass is 10.1. The summed E-state index contributed by atoms with van der Waals surface area (Å²) in [5, 5.41) is 3.75. The molecule has 0 unspecified atom stereocenters. The van der Waals surface area contributed by atoms with E-state index in [1.54, 1.807) is 0 Å². The lowest BCUT2D eigenvalue weighted by molar-refractivity contribution is -0.113. The van der Waals surface area contributed by atoms with Crippen LogP contribution in [-0.2, 0) is 11.2 Å². The predicted molar refractivity (Wildman–Crippen MR) is 84.1 cm³/mol. The number of rotatable bonds is 5. The smallest absolute Gasteiger partial charge is 0.234 e. The van der Waals surface area contributed by atoms with Gasteiger partial charge in [-0.05, 0) is 42.7 Å². The van der Waals surface area contributed by atoms with Crippen molar-refractivity contribution in [2.24, 2.45) is 0 Å². The number of amides is 1. The molecule has 1 N–H and O–H groups in total. The molecule has 0 radical (unpaired) electrons. The summed E-state index contributed by atoms with van der Waals surface area (Å²) in [7, 11) is 0. The summed E-state index contributed by atoms with van der Waals surface area (Å²) in [6.45, 7) is 4.10. The first-order valence-corrected chi connectivity index (χ1v) is 7.60. The lowest BCUT2D eigenvalue weighted by Crippen LogP contribution is -2.14. The number of thioether (sulfide) groups is 1. The van der Waals surface area contributed by atoms with Crippen molar-refractivity contribution >= 4 is 23.4 Å². The van der Waals surface area contributed by atoms with E-state index in [1.165, 1.54) is 17.3 Å². The minimum absolute atomic E-state index is 0.0124. The monoisotopic (exact) mass is 286 g/mol. The molecule has 0 saturated heterocycles. The zero-order valence-corrected chi connectivity index (χ0v) is 12.5. The molecule has 3 nitrogen and oxygen atoms in total. The number of hydrogen-bond donors (Lipinski definition) is 1. The molecule has 0 fully saturated rings. The minimum Gasteiger partial charge on any atom is -0.325 e. The van der Waals surface area contributed by atoms with Crippen molar-refractivity contribution < 1.29 is 4.79 Å². The van der Waals surface area contributed by atoms with Crippen LogP contribution in [-0.4, -0.2) is 16.6 Å². The Balaban J connectivity index is 1.84. The van der Waals surface area contributed by atoms with Gasteiger partial charge < -0.3 is 5.32 Å². The highest BCUT2D eigenvalue weighted by molar-refractivity contribution is 7.99. The molecule has 20 heavy (non-hydrogen) atoms. The Kier molecular flexibility index (Phi) is 5.18. The van der Waals surface area contributed by atoms with Crippen molar-refractivity contribution in [3.8, 4) is 0 Å². The van der Waals surface area contributed by atoms with Crippen LogP contribution in [0.5, 0.6) is 0 Å². The van der Waals surface area contributed by atoms with Gasteiger partial charge >= 0.3 is 0 Å². The van der Waals surface area contributed by atoms with Crippen LogP contribution in [0.25, 0.3) is 0 Å². The number of carbonyl (C=O) groups excluding carboxylic acids is 1. The van der Waals surface area contributed by atoms with Crippen molar-refractivity contribution in [1.29, 1.82) is 0 Å². The van der Waals surface area contributed by atoms with Crippen LogP contribution in [0.15, 0.2) is 47.6 Å². The maximum absolute atomic E-state index is 11.8. The molecule has 0 aliphatic heterocycles. The van der Waals surface area contributed by atoms with Gasteiger partial charge in [0.25, 0.3) is 0 Å². The number of aromatic nitrogens is 1. The van der Waals surface area contributed by atoms with Gasteiger partial charge in [-0.25, -0.2) is 4.98 Å². The number of nitrogens with one attached hydrogen (secondary N) is 1. The van der Waals surface area contributed by atoms with Crippen LogP contribution < -0.4 is 5.32 Å². The average Bonchev–Trinajstić information content (AvgIpc) is 2.47. The first kappa shape index (κ1) is 14.6. The van der Waals surface area contributed by atoms with Crippen molar-refractivity contribution in [1.82, 2.24) is 4.98 Å². The average molecular weight is 286 g/mol. The molecule has 4 heteroatoms. The summed E-state index contributed by atoms with van der Waals surface area (Å²) in [6.07, 6.45) is 2.81. The van der Waals surface area contributed by atoms with E-state index in [0.29, 0.717) is 5.75 Å². The van der Waals surface area contributed by atoms with E-state index in [2.05, 4.69) is 17.2 Å². The van der Waals surface area contributed by atoms with Gasteiger partial charge in [-0.1, -0.05) is 36.9 Å². The molecule has 1 heterocycles. The highest BCUT2D eigenvalue weighted by Crippen LogP contribution is 2.16. The first-order chi connectivity index (χ1) is 9.67. The van der Waals surface area contributed by atoms with Gasteiger partial charge in [-0.15, -0.1) is 0 Å². The van der Waals surface area contributed by atoms with E-state index in [4.69, 9.17) is 0 Å².